The van der Waals surface area contributed by atoms with Gasteiger partial charge in [0.2, 0.25) is 0 Å². The second-order valence-electron chi connectivity index (χ2n) is 6.35. The molecule has 3 nitrogen and oxygen atoms in total. The number of aryl methyl sites for hydroxylation is 1. The van der Waals surface area contributed by atoms with Crippen molar-refractivity contribution < 1.29 is 0 Å². The van der Waals surface area contributed by atoms with Crippen LogP contribution in [0, 0.1) is 6.92 Å². The largest absolute Gasteiger partial charge is 0.305 e. The van der Waals surface area contributed by atoms with Crippen molar-refractivity contribution in [1.82, 2.24) is 14.9 Å². The van der Waals surface area contributed by atoms with Crippen molar-refractivity contribution in [3.8, 4) is 5.13 Å². The van der Waals surface area contributed by atoms with E-state index in [0.29, 0.717) is 6.04 Å². The third-order valence-corrected chi connectivity index (χ3v) is 5.48. The fraction of sp³-hybridized carbons (Fsp3) is 0.190. The average molecular weight is 347 g/mol. The number of hydrogen-bond acceptors (Lipinski definition) is 3. The number of rotatable bonds is 5. The van der Waals surface area contributed by atoms with Gasteiger partial charge in [0.25, 0.3) is 0 Å². The molecule has 25 heavy (non-hydrogen) atoms. The molecule has 1 N–H and O–H groups in total. The molecule has 0 aliphatic heterocycles. The highest BCUT2D eigenvalue weighted by Crippen LogP contribution is 2.27. The molecule has 0 radical (unpaired) electrons. The summed E-state index contributed by atoms with van der Waals surface area (Å²) in [6.45, 7) is 5.12. The Labute approximate surface area is 152 Å². The van der Waals surface area contributed by atoms with E-state index in [1.54, 1.807) is 11.3 Å². The Bertz CT molecular complexity index is 985. The number of thiazole rings is 1. The lowest BCUT2D eigenvalue weighted by Gasteiger charge is -2.15. The van der Waals surface area contributed by atoms with Gasteiger partial charge in [-0.2, -0.15) is 0 Å². The summed E-state index contributed by atoms with van der Waals surface area (Å²) in [4.78, 5) is 4.80. The summed E-state index contributed by atoms with van der Waals surface area (Å²) in [6, 6.07) is 21.5. The molecule has 0 bridgehead atoms. The van der Waals surface area contributed by atoms with Gasteiger partial charge < -0.3 is 5.32 Å². The van der Waals surface area contributed by atoms with E-state index in [4.69, 9.17) is 4.98 Å². The number of nitrogens with zero attached hydrogens (tertiary/aromatic N) is 2. The first-order valence-electron chi connectivity index (χ1n) is 8.53. The minimum absolute atomic E-state index is 0.308. The predicted octanol–water partition coefficient (Wildman–Crippen LogP) is 5.25. The van der Waals surface area contributed by atoms with E-state index in [1.807, 2.05) is 0 Å². The molecule has 126 valence electrons. The van der Waals surface area contributed by atoms with Crippen molar-refractivity contribution >= 4 is 21.6 Å². The zero-order chi connectivity index (χ0) is 17.2. The van der Waals surface area contributed by atoms with Crippen LogP contribution >= 0.6 is 11.3 Å². The molecular weight excluding hydrogens is 326 g/mol. The Balaban J connectivity index is 1.55. The average Bonchev–Trinajstić information content (AvgIpc) is 3.26. The summed E-state index contributed by atoms with van der Waals surface area (Å²) in [6.07, 6.45) is 2.09. The molecule has 0 saturated heterocycles. The summed E-state index contributed by atoms with van der Waals surface area (Å²) in [5, 5.41) is 4.63. The van der Waals surface area contributed by atoms with Gasteiger partial charge >= 0.3 is 0 Å². The van der Waals surface area contributed by atoms with E-state index in [1.165, 1.54) is 21.5 Å². The van der Waals surface area contributed by atoms with Crippen LogP contribution in [0.15, 0.2) is 66.9 Å². The van der Waals surface area contributed by atoms with Gasteiger partial charge in [-0.3, -0.25) is 4.57 Å². The van der Waals surface area contributed by atoms with Crippen LogP contribution in [-0.4, -0.2) is 9.55 Å². The van der Waals surface area contributed by atoms with Gasteiger partial charge in [0.15, 0.2) is 5.13 Å². The van der Waals surface area contributed by atoms with Gasteiger partial charge in [-0.1, -0.05) is 47.7 Å². The fourth-order valence-electron chi connectivity index (χ4n) is 2.99. The van der Waals surface area contributed by atoms with Crippen molar-refractivity contribution in [3.63, 3.8) is 0 Å². The van der Waals surface area contributed by atoms with Crippen molar-refractivity contribution in [1.29, 1.82) is 0 Å². The molecule has 4 aromatic rings. The maximum atomic E-state index is 4.80. The maximum absolute atomic E-state index is 4.80. The topological polar surface area (TPSA) is 29.9 Å². The lowest BCUT2D eigenvalue weighted by atomic mass is 10.1. The molecular formula is C21H21N3S. The Kier molecular flexibility index (Phi) is 4.38. The SMILES string of the molecule is Cc1ccc2nc(-n3cccc3CNC(C)c3ccccc3)sc2c1. The number of hydrogen-bond donors (Lipinski definition) is 1. The van der Waals surface area contributed by atoms with E-state index in [2.05, 4.69) is 90.6 Å². The second kappa shape index (κ2) is 6.82. The van der Waals surface area contributed by atoms with Gasteiger partial charge in [0.05, 0.1) is 10.2 Å². The van der Waals surface area contributed by atoms with Gasteiger partial charge in [0, 0.05) is 24.5 Å². The molecule has 1 atom stereocenters. The summed E-state index contributed by atoms with van der Waals surface area (Å²) < 4.78 is 3.42. The fourth-order valence-corrected chi connectivity index (χ4v) is 4.07. The van der Waals surface area contributed by atoms with Crippen LogP contribution in [0.4, 0.5) is 0 Å². The molecule has 0 spiro atoms. The van der Waals surface area contributed by atoms with Gasteiger partial charge in [-0.15, -0.1) is 0 Å². The summed E-state index contributed by atoms with van der Waals surface area (Å²) in [5.41, 5.74) is 4.86. The number of benzene rings is 2. The van der Waals surface area contributed by atoms with Crippen LogP contribution in [0.3, 0.4) is 0 Å². The Morgan fingerprint density at radius 1 is 1.08 bits per heavy atom. The highest BCUT2D eigenvalue weighted by atomic mass is 32.1. The second-order valence-corrected chi connectivity index (χ2v) is 7.36. The minimum atomic E-state index is 0.308. The third kappa shape index (κ3) is 3.36. The molecule has 2 aromatic heterocycles. The first-order valence-corrected chi connectivity index (χ1v) is 9.34. The number of aromatic nitrogens is 2. The monoisotopic (exact) mass is 347 g/mol. The van der Waals surface area contributed by atoms with Crippen LogP contribution in [0.2, 0.25) is 0 Å². The van der Waals surface area contributed by atoms with Crippen LogP contribution in [0.25, 0.3) is 15.3 Å². The van der Waals surface area contributed by atoms with E-state index < -0.39 is 0 Å². The number of nitrogens with one attached hydrogen (secondary N) is 1. The van der Waals surface area contributed by atoms with Gasteiger partial charge in [0.1, 0.15) is 0 Å². The maximum Gasteiger partial charge on any atom is 0.194 e. The zero-order valence-corrected chi connectivity index (χ0v) is 15.3. The first-order chi connectivity index (χ1) is 12.2. The van der Waals surface area contributed by atoms with Crippen LogP contribution in [-0.2, 0) is 6.54 Å². The van der Waals surface area contributed by atoms with Crippen molar-refractivity contribution in [2.75, 3.05) is 0 Å². The van der Waals surface area contributed by atoms with E-state index in [0.717, 1.165) is 17.2 Å². The number of fused-ring (bicyclic) bond motifs is 1. The molecule has 0 aliphatic rings. The predicted molar refractivity (Wildman–Crippen MR) is 105 cm³/mol. The third-order valence-electron chi connectivity index (χ3n) is 4.46. The Morgan fingerprint density at radius 2 is 1.92 bits per heavy atom. The normalized spacial score (nSPS) is 12.6. The lowest BCUT2D eigenvalue weighted by Crippen LogP contribution is -2.19. The van der Waals surface area contributed by atoms with Crippen molar-refractivity contribution in [2.24, 2.45) is 0 Å². The standard InChI is InChI=1S/C21H21N3S/c1-15-10-11-19-20(13-15)25-21(23-19)24-12-6-9-18(24)14-22-16(2)17-7-4-3-5-8-17/h3-13,16,22H,14H2,1-2H3. The van der Waals surface area contributed by atoms with E-state index >= 15 is 0 Å². The summed E-state index contributed by atoms with van der Waals surface area (Å²) >= 11 is 1.74. The van der Waals surface area contributed by atoms with Crippen LogP contribution < -0.4 is 5.32 Å². The Morgan fingerprint density at radius 3 is 2.76 bits per heavy atom. The van der Waals surface area contributed by atoms with Crippen LogP contribution in [0.1, 0.15) is 29.8 Å². The van der Waals surface area contributed by atoms with E-state index in [9.17, 15) is 0 Å². The van der Waals surface area contributed by atoms with E-state index in [-0.39, 0.29) is 0 Å². The quantitative estimate of drug-likeness (QED) is 0.534. The molecule has 2 aromatic carbocycles. The minimum Gasteiger partial charge on any atom is -0.305 e. The van der Waals surface area contributed by atoms with Crippen LogP contribution in [0.5, 0.6) is 0 Å². The molecule has 0 aliphatic carbocycles. The molecule has 2 heterocycles. The molecule has 0 amide bonds. The molecule has 4 rings (SSSR count). The summed E-state index contributed by atoms with van der Waals surface area (Å²) in [7, 11) is 0. The lowest BCUT2D eigenvalue weighted by molar-refractivity contribution is 0.563. The smallest absolute Gasteiger partial charge is 0.194 e. The summed E-state index contributed by atoms with van der Waals surface area (Å²) in [5.74, 6) is 0. The molecule has 1 unspecified atom stereocenters. The Hall–Kier alpha value is -2.43. The molecule has 0 fully saturated rings. The van der Waals surface area contributed by atoms with Gasteiger partial charge in [-0.05, 0) is 49.2 Å². The van der Waals surface area contributed by atoms with Crippen molar-refractivity contribution in [2.45, 2.75) is 26.4 Å². The van der Waals surface area contributed by atoms with Gasteiger partial charge in [-0.25, -0.2) is 4.98 Å². The first kappa shape index (κ1) is 16.1. The van der Waals surface area contributed by atoms with Crippen molar-refractivity contribution in [3.05, 3.63) is 83.7 Å². The zero-order valence-electron chi connectivity index (χ0n) is 14.4. The highest BCUT2D eigenvalue weighted by molar-refractivity contribution is 7.20. The highest BCUT2D eigenvalue weighted by Gasteiger charge is 2.11. The molecule has 0 saturated carbocycles. The molecule has 4 heteroatoms.